The van der Waals surface area contributed by atoms with Crippen molar-refractivity contribution in [2.24, 2.45) is 0 Å². The number of fused-ring (bicyclic) bond motifs is 6. The highest BCUT2D eigenvalue weighted by Gasteiger charge is 2.40. The van der Waals surface area contributed by atoms with Crippen LogP contribution in [0.15, 0.2) is 73.1 Å². The fourth-order valence-electron chi connectivity index (χ4n) is 7.79. The number of carboxylic acid groups (broad SMARTS) is 1. The highest BCUT2D eigenvalue weighted by atomic mass is 16.4. The normalized spacial score (nSPS) is 17.2. The number of nitrogens with zero attached hydrogens (tertiary/aromatic N) is 3. The third-order valence-electron chi connectivity index (χ3n) is 9.98. The summed E-state index contributed by atoms with van der Waals surface area (Å²) >= 11 is 0. The predicted octanol–water partition coefficient (Wildman–Crippen LogP) is 7.86. The fraction of sp³-hybridized carbons (Fsp3) is 0.297. The van der Waals surface area contributed by atoms with Crippen LogP contribution in [0.2, 0.25) is 0 Å². The first-order chi connectivity index (χ1) is 22.0. The summed E-state index contributed by atoms with van der Waals surface area (Å²) < 4.78 is 2.19. The van der Waals surface area contributed by atoms with Gasteiger partial charge in [-0.15, -0.1) is 0 Å². The number of rotatable bonds is 6. The first-order valence-electron chi connectivity index (χ1n) is 16.0. The average Bonchev–Trinajstić information content (AvgIpc) is 3.80. The van der Waals surface area contributed by atoms with Gasteiger partial charge in [-0.3, -0.25) is 9.20 Å². The molecule has 45 heavy (non-hydrogen) atoms. The minimum Gasteiger partial charge on any atom is -0.478 e. The Bertz CT molecular complexity index is 2140. The Kier molecular flexibility index (Phi) is 6.66. The molecule has 0 radical (unpaired) electrons. The van der Waals surface area contributed by atoms with Crippen molar-refractivity contribution in [3.8, 4) is 0 Å². The molecule has 2 aliphatic carbocycles. The molecule has 2 fully saturated rings. The maximum Gasteiger partial charge on any atom is 0.328 e. The zero-order chi connectivity index (χ0) is 30.5. The molecule has 8 nitrogen and oxygen atoms in total. The number of carbonyl (C=O) groups excluding carboxylic acids is 1. The van der Waals surface area contributed by atoms with E-state index in [0.717, 1.165) is 70.6 Å². The van der Waals surface area contributed by atoms with Crippen LogP contribution in [0.3, 0.4) is 0 Å². The minimum absolute atomic E-state index is 0.118. The molecule has 0 saturated heterocycles. The van der Waals surface area contributed by atoms with Gasteiger partial charge in [0, 0.05) is 22.4 Å². The molecular formula is C37H35N5O3. The lowest BCUT2D eigenvalue weighted by molar-refractivity contribution is -0.131. The van der Waals surface area contributed by atoms with E-state index in [4.69, 9.17) is 15.1 Å². The molecule has 0 unspecified atom stereocenters. The third-order valence-corrected chi connectivity index (χ3v) is 9.98. The minimum atomic E-state index is -0.994. The van der Waals surface area contributed by atoms with E-state index in [1.54, 1.807) is 6.08 Å². The first-order valence-corrected chi connectivity index (χ1v) is 16.0. The number of benzene rings is 3. The van der Waals surface area contributed by atoms with Gasteiger partial charge in [0.2, 0.25) is 0 Å². The highest BCUT2D eigenvalue weighted by Crippen LogP contribution is 2.43. The molecule has 0 spiro atoms. The van der Waals surface area contributed by atoms with Crippen LogP contribution in [0.1, 0.15) is 91.0 Å². The van der Waals surface area contributed by atoms with Gasteiger partial charge in [0.1, 0.15) is 12.2 Å². The van der Waals surface area contributed by atoms with Crippen molar-refractivity contribution in [3.63, 3.8) is 0 Å². The molecule has 2 saturated carbocycles. The molecule has 0 bridgehead atoms. The van der Waals surface area contributed by atoms with Gasteiger partial charge < -0.3 is 15.4 Å². The Labute approximate surface area is 260 Å². The number of aliphatic carboxylic acids is 1. The van der Waals surface area contributed by atoms with Gasteiger partial charge in [-0.25, -0.2) is 14.8 Å². The van der Waals surface area contributed by atoms with Crippen molar-refractivity contribution in [3.05, 3.63) is 95.6 Å². The number of carboxylic acids is 1. The summed E-state index contributed by atoms with van der Waals surface area (Å²) in [4.78, 5) is 38.2. The van der Waals surface area contributed by atoms with Crippen LogP contribution in [0.25, 0.3) is 44.4 Å². The van der Waals surface area contributed by atoms with Gasteiger partial charge in [-0.2, -0.15) is 0 Å². The molecule has 3 aromatic carbocycles. The van der Waals surface area contributed by atoms with Crippen molar-refractivity contribution in [1.82, 2.24) is 24.7 Å². The molecule has 8 heteroatoms. The van der Waals surface area contributed by atoms with E-state index in [9.17, 15) is 9.59 Å². The molecule has 6 aromatic rings. The second kappa shape index (κ2) is 10.9. The van der Waals surface area contributed by atoms with E-state index < -0.39 is 11.5 Å². The summed E-state index contributed by atoms with van der Waals surface area (Å²) in [7, 11) is 0. The molecule has 3 N–H and O–H groups in total. The summed E-state index contributed by atoms with van der Waals surface area (Å²) in [6, 6.07) is 20.1. The molecule has 8 rings (SSSR count). The van der Waals surface area contributed by atoms with Crippen molar-refractivity contribution in [2.45, 2.75) is 69.2 Å². The van der Waals surface area contributed by atoms with Gasteiger partial charge in [-0.05, 0) is 79.1 Å². The Hall–Kier alpha value is -4.98. The molecule has 3 aromatic heterocycles. The summed E-state index contributed by atoms with van der Waals surface area (Å²) in [5.74, 6) is 0.123. The van der Waals surface area contributed by atoms with E-state index >= 15 is 0 Å². The number of amides is 1. The molecular weight excluding hydrogens is 562 g/mol. The zero-order valence-electron chi connectivity index (χ0n) is 25.1. The maximum atomic E-state index is 14.1. The standard InChI is InChI=1S/C37H35N5O3/c43-32(44)17-13-23-12-16-29-30(20-23)40-36(39-29)37(18-6-7-19-37)41-35(45)25-14-15-27-31(21-25)42-22-38-28-11-5-4-10-26(28)34(42)33(27)24-8-2-1-3-9-24/h4-5,10-17,20-22,24H,1-3,6-9,18-19H2,(H,39,40)(H,41,45)(H,43,44)/b17-13+. The lowest BCUT2D eigenvalue weighted by atomic mass is 9.82. The predicted molar refractivity (Wildman–Crippen MR) is 176 cm³/mol. The summed E-state index contributed by atoms with van der Waals surface area (Å²) in [5, 5.41) is 14.8. The molecule has 2 aliphatic rings. The number of hydrogen-bond acceptors (Lipinski definition) is 4. The van der Waals surface area contributed by atoms with Crippen LogP contribution in [0, 0.1) is 0 Å². The van der Waals surface area contributed by atoms with Crippen molar-refractivity contribution in [2.75, 3.05) is 0 Å². The monoisotopic (exact) mass is 597 g/mol. The van der Waals surface area contributed by atoms with Crippen LogP contribution >= 0.6 is 0 Å². The van der Waals surface area contributed by atoms with Gasteiger partial charge in [0.05, 0.1) is 33.1 Å². The number of nitrogens with one attached hydrogen (secondary N) is 2. The third kappa shape index (κ3) is 4.76. The fourth-order valence-corrected chi connectivity index (χ4v) is 7.79. The van der Waals surface area contributed by atoms with Gasteiger partial charge >= 0.3 is 5.97 Å². The van der Waals surface area contributed by atoms with Gasteiger partial charge in [0.25, 0.3) is 5.91 Å². The highest BCUT2D eigenvalue weighted by molar-refractivity contribution is 6.07. The Morgan fingerprint density at radius 3 is 2.58 bits per heavy atom. The van der Waals surface area contributed by atoms with E-state index in [1.807, 2.05) is 42.7 Å². The molecule has 226 valence electrons. The van der Waals surface area contributed by atoms with E-state index in [2.05, 4.69) is 39.0 Å². The number of carbonyl (C=O) groups is 2. The first kappa shape index (κ1) is 27.6. The molecule has 1 amide bonds. The van der Waals surface area contributed by atoms with Gasteiger partial charge in [-0.1, -0.05) is 62.4 Å². The van der Waals surface area contributed by atoms with E-state index in [1.165, 1.54) is 48.6 Å². The van der Waals surface area contributed by atoms with Crippen LogP contribution < -0.4 is 5.32 Å². The Morgan fingerprint density at radius 1 is 0.933 bits per heavy atom. The molecule has 0 aliphatic heterocycles. The van der Waals surface area contributed by atoms with E-state index in [0.29, 0.717) is 11.5 Å². The zero-order valence-corrected chi connectivity index (χ0v) is 25.1. The number of hydrogen-bond donors (Lipinski definition) is 3. The SMILES string of the molecule is O=C(O)/C=C/c1ccc2[nH]c(C3(NC(=O)c4ccc5c(C6CCCCC6)c6c7ccccc7ncn6c5c4)CCCC3)nc2c1. The van der Waals surface area contributed by atoms with Crippen LogP contribution in [-0.2, 0) is 10.3 Å². The second-order valence-corrected chi connectivity index (χ2v) is 12.7. The quantitative estimate of drug-likeness (QED) is 0.169. The van der Waals surface area contributed by atoms with Crippen molar-refractivity contribution < 1.29 is 14.7 Å². The number of para-hydroxylation sites is 1. The maximum absolute atomic E-state index is 14.1. The number of imidazole rings is 1. The molecule has 0 atom stereocenters. The second-order valence-electron chi connectivity index (χ2n) is 12.7. The number of H-pyrrole nitrogens is 1. The topological polar surface area (TPSA) is 112 Å². The lowest BCUT2D eigenvalue weighted by Gasteiger charge is -2.28. The van der Waals surface area contributed by atoms with Crippen molar-refractivity contribution >= 4 is 56.3 Å². The summed E-state index contributed by atoms with van der Waals surface area (Å²) in [6.07, 6.45) is 14.3. The largest absolute Gasteiger partial charge is 0.478 e. The number of aromatic amines is 1. The Balaban J connectivity index is 1.18. The smallest absolute Gasteiger partial charge is 0.328 e. The lowest BCUT2D eigenvalue weighted by Crippen LogP contribution is -2.44. The number of aromatic nitrogens is 4. The van der Waals surface area contributed by atoms with E-state index in [-0.39, 0.29) is 5.91 Å². The average molecular weight is 598 g/mol. The van der Waals surface area contributed by atoms with Gasteiger partial charge in [0.15, 0.2) is 0 Å². The van der Waals surface area contributed by atoms with Crippen LogP contribution in [0.5, 0.6) is 0 Å². The van der Waals surface area contributed by atoms with Crippen LogP contribution in [-0.4, -0.2) is 36.3 Å². The Morgan fingerprint density at radius 2 is 1.76 bits per heavy atom. The van der Waals surface area contributed by atoms with Crippen LogP contribution in [0.4, 0.5) is 0 Å². The van der Waals surface area contributed by atoms with Crippen molar-refractivity contribution in [1.29, 1.82) is 0 Å². The summed E-state index contributed by atoms with van der Waals surface area (Å²) in [6.45, 7) is 0. The summed E-state index contributed by atoms with van der Waals surface area (Å²) in [5.41, 5.74) is 6.99. The molecule has 3 heterocycles.